The highest BCUT2D eigenvalue weighted by Crippen LogP contribution is 2.22. The average Bonchev–Trinajstić information content (AvgIpc) is 3.44. The van der Waals surface area contributed by atoms with E-state index in [1.165, 1.54) is 36.7 Å². The number of benzene rings is 1. The smallest absolute Gasteiger partial charge is 0.248 e. The fourth-order valence-electron chi connectivity index (χ4n) is 3.83. The predicted molar refractivity (Wildman–Crippen MR) is 123 cm³/mol. The van der Waals surface area contributed by atoms with Crippen LogP contribution in [0.5, 0.6) is 5.75 Å². The Morgan fingerprint density at radius 3 is 2.72 bits per heavy atom. The van der Waals surface area contributed by atoms with Crippen molar-refractivity contribution in [1.29, 1.82) is 0 Å². The summed E-state index contributed by atoms with van der Waals surface area (Å²) in [5.41, 5.74) is 7.36. The van der Waals surface area contributed by atoms with Gasteiger partial charge in [-0.15, -0.1) is 5.10 Å². The van der Waals surface area contributed by atoms with Crippen LogP contribution in [0.1, 0.15) is 12.8 Å². The third-order valence-electron chi connectivity index (χ3n) is 5.45. The van der Waals surface area contributed by atoms with Gasteiger partial charge in [0, 0.05) is 29.9 Å². The predicted octanol–water partition coefficient (Wildman–Crippen LogP) is 2.30. The van der Waals surface area contributed by atoms with E-state index in [2.05, 4.69) is 30.3 Å². The number of H-pyrrole nitrogens is 1. The molecule has 1 fully saturated rings. The highest BCUT2D eigenvalue weighted by Gasteiger charge is 2.14. The summed E-state index contributed by atoms with van der Waals surface area (Å²) in [4.78, 5) is 25.4. The molecule has 0 radical (unpaired) electrons. The molecule has 0 bridgehead atoms. The van der Waals surface area contributed by atoms with Crippen LogP contribution >= 0.6 is 0 Å². The van der Waals surface area contributed by atoms with Crippen LogP contribution in [0.4, 0.5) is 17.6 Å². The molecule has 10 heteroatoms. The lowest BCUT2D eigenvalue weighted by Crippen LogP contribution is -2.25. The molecule has 5 rings (SSSR count). The minimum Gasteiger partial charge on any atom is -0.492 e. The molecule has 0 spiro atoms. The number of rotatable bonds is 7. The standard InChI is InChI=1S/C22H24N8O2/c23-21-27-22(28-30(21)20-17-7-8-19(31)26-18(17)9-10-24-20)25-15-3-5-16(6-4-15)32-14-13-29-11-1-2-12-29/h3-10H,1-2,11-14H2,(H,26,31)(H3,23,25,27,28). The largest absolute Gasteiger partial charge is 0.492 e. The van der Waals surface area contributed by atoms with E-state index in [0.717, 1.165) is 18.0 Å². The van der Waals surface area contributed by atoms with Gasteiger partial charge in [-0.05, 0) is 62.3 Å². The second-order valence-electron chi connectivity index (χ2n) is 7.67. The van der Waals surface area contributed by atoms with Gasteiger partial charge in [-0.2, -0.15) is 9.67 Å². The molecule has 1 aliphatic heterocycles. The van der Waals surface area contributed by atoms with Crippen molar-refractivity contribution in [2.24, 2.45) is 0 Å². The second-order valence-corrected chi connectivity index (χ2v) is 7.67. The molecular weight excluding hydrogens is 408 g/mol. The summed E-state index contributed by atoms with van der Waals surface area (Å²) in [5, 5.41) is 8.30. The molecule has 4 heterocycles. The number of hydrogen-bond acceptors (Lipinski definition) is 8. The number of aromatic nitrogens is 5. The summed E-state index contributed by atoms with van der Waals surface area (Å²) in [5.74, 6) is 1.83. The normalized spacial score (nSPS) is 14.1. The number of nitrogens with zero attached hydrogens (tertiary/aromatic N) is 5. The van der Waals surface area contributed by atoms with E-state index >= 15 is 0 Å². The van der Waals surface area contributed by atoms with Gasteiger partial charge in [-0.3, -0.25) is 9.69 Å². The maximum Gasteiger partial charge on any atom is 0.248 e. The Balaban J connectivity index is 1.28. The molecule has 0 amide bonds. The Kier molecular flexibility index (Phi) is 5.42. The summed E-state index contributed by atoms with van der Waals surface area (Å²) < 4.78 is 7.29. The van der Waals surface area contributed by atoms with Crippen molar-refractivity contribution in [3.8, 4) is 11.6 Å². The summed E-state index contributed by atoms with van der Waals surface area (Å²) in [6.45, 7) is 3.97. The quantitative estimate of drug-likeness (QED) is 0.406. The molecule has 32 heavy (non-hydrogen) atoms. The monoisotopic (exact) mass is 432 g/mol. The van der Waals surface area contributed by atoms with E-state index in [1.807, 2.05) is 24.3 Å². The molecule has 1 aliphatic rings. The van der Waals surface area contributed by atoms with Crippen LogP contribution in [0.25, 0.3) is 16.7 Å². The van der Waals surface area contributed by atoms with Crippen LogP contribution < -0.4 is 21.3 Å². The van der Waals surface area contributed by atoms with Gasteiger partial charge in [0.05, 0.1) is 5.52 Å². The van der Waals surface area contributed by atoms with Crippen molar-refractivity contribution >= 4 is 28.5 Å². The van der Waals surface area contributed by atoms with E-state index in [9.17, 15) is 4.79 Å². The zero-order valence-electron chi connectivity index (χ0n) is 17.5. The minimum absolute atomic E-state index is 0.181. The number of ether oxygens (including phenoxy) is 1. The molecule has 10 nitrogen and oxygen atoms in total. The number of nitrogen functional groups attached to an aromatic ring is 1. The number of hydrogen-bond donors (Lipinski definition) is 3. The average molecular weight is 432 g/mol. The van der Waals surface area contributed by atoms with Crippen molar-refractivity contribution in [2.45, 2.75) is 12.8 Å². The van der Waals surface area contributed by atoms with Gasteiger partial charge in [-0.1, -0.05) is 0 Å². The van der Waals surface area contributed by atoms with Crippen LogP contribution in [0.3, 0.4) is 0 Å². The van der Waals surface area contributed by atoms with E-state index in [4.69, 9.17) is 10.5 Å². The Hall–Kier alpha value is -3.92. The number of anilines is 3. The number of nitrogens with two attached hydrogens (primary N) is 1. The number of nitrogens with one attached hydrogen (secondary N) is 2. The number of likely N-dealkylation sites (tertiary alicyclic amines) is 1. The Labute approximate surface area is 184 Å². The van der Waals surface area contributed by atoms with Crippen LogP contribution in [-0.2, 0) is 0 Å². The topological polar surface area (TPSA) is 127 Å². The third-order valence-corrected chi connectivity index (χ3v) is 5.45. The molecule has 0 aliphatic carbocycles. The highest BCUT2D eigenvalue weighted by atomic mass is 16.5. The van der Waals surface area contributed by atoms with Crippen molar-refractivity contribution in [2.75, 3.05) is 37.3 Å². The van der Waals surface area contributed by atoms with E-state index in [0.29, 0.717) is 29.3 Å². The zero-order valence-corrected chi connectivity index (χ0v) is 17.5. The maximum absolute atomic E-state index is 11.6. The Morgan fingerprint density at radius 1 is 1.09 bits per heavy atom. The van der Waals surface area contributed by atoms with Crippen LogP contribution in [-0.4, -0.2) is 55.9 Å². The van der Waals surface area contributed by atoms with Gasteiger partial charge in [0.25, 0.3) is 0 Å². The van der Waals surface area contributed by atoms with Gasteiger partial charge in [0.2, 0.25) is 17.5 Å². The van der Waals surface area contributed by atoms with Crippen LogP contribution in [0, 0.1) is 0 Å². The van der Waals surface area contributed by atoms with Crippen LogP contribution in [0.15, 0.2) is 53.5 Å². The molecule has 164 valence electrons. The lowest BCUT2D eigenvalue weighted by Gasteiger charge is -2.15. The molecule has 0 saturated carbocycles. The molecule has 4 N–H and O–H groups in total. The SMILES string of the molecule is Nc1nc(Nc2ccc(OCCN3CCCC3)cc2)nn1-c1nccc2[nH]c(=O)ccc12. The van der Waals surface area contributed by atoms with Crippen molar-refractivity contribution < 1.29 is 4.74 Å². The third kappa shape index (κ3) is 4.26. The molecule has 0 unspecified atom stereocenters. The lowest BCUT2D eigenvalue weighted by atomic mass is 10.2. The minimum atomic E-state index is -0.188. The fourth-order valence-corrected chi connectivity index (χ4v) is 3.83. The Morgan fingerprint density at radius 2 is 1.91 bits per heavy atom. The highest BCUT2D eigenvalue weighted by molar-refractivity contribution is 5.85. The van der Waals surface area contributed by atoms with Crippen molar-refractivity contribution in [1.82, 2.24) is 29.6 Å². The second kappa shape index (κ2) is 8.67. The Bertz CT molecular complexity index is 1280. The fraction of sp³-hybridized carbons (Fsp3) is 0.273. The van der Waals surface area contributed by atoms with E-state index in [1.54, 1.807) is 18.3 Å². The van der Waals surface area contributed by atoms with Gasteiger partial charge in [0.15, 0.2) is 5.82 Å². The summed E-state index contributed by atoms with van der Waals surface area (Å²) in [6, 6.07) is 12.5. The molecule has 4 aromatic rings. The molecule has 3 aromatic heterocycles. The molecular formula is C22H24N8O2. The molecule has 1 aromatic carbocycles. The zero-order chi connectivity index (χ0) is 21.9. The van der Waals surface area contributed by atoms with E-state index in [-0.39, 0.29) is 11.5 Å². The van der Waals surface area contributed by atoms with Gasteiger partial charge in [0.1, 0.15) is 12.4 Å². The van der Waals surface area contributed by atoms with Crippen molar-refractivity contribution in [3.63, 3.8) is 0 Å². The first kappa shape index (κ1) is 20.0. The van der Waals surface area contributed by atoms with Gasteiger partial charge < -0.3 is 20.8 Å². The number of pyridine rings is 2. The molecule has 1 saturated heterocycles. The lowest BCUT2D eigenvalue weighted by molar-refractivity contribution is 0.238. The maximum atomic E-state index is 11.6. The summed E-state index contributed by atoms with van der Waals surface area (Å²) in [7, 11) is 0. The summed E-state index contributed by atoms with van der Waals surface area (Å²) >= 11 is 0. The summed E-state index contributed by atoms with van der Waals surface area (Å²) in [6.07, 6.45) is 4.15. The number of fused-ring (bicyclic) bond motifs is 1. The molecule has 0 atom stereocenters. The first-order valence-electron chi connectivity index (χ1n) is 10.6. The number of aromatic amines is 1. The van der Waals surface area contributed by atoms with E-state index < -0.39 is 0 Å². The van der Waals surface area contributed by atoms with Crippen LogP contribution in [0.2, 0.25) is 0 Å². The van der Waals surface area contributed by atoms with Gasteiger partial charge >= 0.3 is 0 Å². The van der Waals surface area contributed by atoms with Crippen molar-refractivity contribution in [3.05, 3.63) is 59.0 Å². The first-order chi connectivity index (χ1) is 15.7. The first-order valence-corrected chi connectivity index (χ1v) is 10.6. The van der Waals surface area contributed by atoms with Gasteiger partial charge in [-0.25, -0.2) is 4.98 Å².